The molecular weight excluding hydrogens is 206 g/mol. The van der Waals surface area contributed by atoms with Gasteiger partial charge in [-0.25, -0.2) is 0 Å². The Hall–Kier alpha value is -1.55. The average molecular weight is 223 g/mol. The fraction of sp³-hybridized carbons (Fsp3) is 0.417. The van der Waals surface area contributed by atoms with Crippen LogP contribution in [0.15, 0.2) is 24.3 Å². The number of nitrogens with two attached hydrogens (primary N) is 1. The summed E-state index contributed by atoms with van der Waals surface area (Å²) in [5.74, 6) is 0.340. The lowest BCUT2D eigenvalue weighted by Crippen LogP contribution is -2.36. The second-order valence-corrected chi connectivity index (χ2v) is 3.87. The topological polar surface area (TPSA) is 61.5 Å². The number of hydrogen-bond acceptors (Lipinski definition) is 4. The molecular formula is C12H17NO3. The molecule has 1 atom stereocenters. The van der Waals surface area contributed by atoms with E-state index in [9.17, 15) is 4.79 Å². The summed E-state index contributed by atoms with van der Waals surface area (Å²) in [5, 5.41) is 0. The molecule has 16 heavy (non-hydrogen) atoms. The normalized spacial score (nSPS) is 14.0. The van der Waals surface area contributed by atoms with Crippen molar-refractivity contribution in [2.45, 2.75) is 18.9 Å². The molecule has 0 bridgehead atoms. The zero-order valence-electron chi connectivity index (χ0n) is 9.82. The van der Waals surface area contributed by atoms with E-state index in [0.29, 0.717) is 5.75 Å². The highest BCUT2D eigenvalue weighted by molar-refractivity contribution is 5.71. The Labute approximate surface area is 95.3 Å². The Morgan fingerprint density at radius 3 is 2.56 bits per heavy atom. The molecule has 0 aliphatic carbocycles. The van der Waals surface area contributed by atoms with Gasteiger partial charge in [0.05, 0.1) is 26.2 Å². The minimum Gasteiger partial charge on any atom is -0.496 e. The van der Waals surface area contributed by atoms with Gasteiger partial charge in [-0.05, 0) is 13.0 Å². The summed E-state index contributed by atoms with van der Waals surface area (Å²) in [6.07, 6.45) is 0.115. The molecule has 0 radical (unpaired) electrons. The molecule has 0 aliphatic rings. The van der Waals surface area contributed by atoms with Gasteiger partial charge in [-0.15, -0.1) is 0 Å². The number of hydrogen-bond donors (Lipinski definition) is 1. The third kappa shape index (κ3) is 2.73. The lowest BCUT2D eigenvalue weighted by molar-refractivity contribution is -0.141. The summed E-state index contributed by atoms with van der Waals surface area (Å²) in [5.41, 5.74) is 6.11. The van der Waals surface area contributed by atoms with Crippen LogP contribution in [-0.4, -0.2) is 20.2 Å². The SMILES string of the molecule is COC(=O)CC(C)(N)c1ccccc1OC. The number of ether oxygens (including phenoxy) is 2. The van der Waals surface area contributed by atoms with Gasteiger partial charge in [-0.3, -0.25) is 4.79 Å². The highest BCUT2D eigenvalue weighted by Crippen LogP contribution is 2.30. The summed E-state index contributed by atoms with van der Waals surface area (Å²) in [4.78, 5) is 11.3. The van der Waals surface area contributed by atoms with Crippen LogP contribution in [0, 0.1) is 0 Å². The van der Waals surface area contributed by atoms with Gasteiger partial charge in [-0.2, -0.15) is 0 Å². The van der Waals surface area contributed by atoms with Crippen molar-refractivity contribution in [3.05, 3.63) is 29.8 Å². The Kier molecular flexibility index (Phi) is 3.90. The highest BCUT2D eigenvalue weighted by Gasteiger charge is 2.28. The molecule has 88 valence electrons. The van der Waals surface area contributed by atoms with Gasteiger partial charge in [-0.1, -0.05) is 18.2 Å². The number of methoxy groups -OCH3 is 2. The van der Waals surface area contributed by atoms with E-state index in [1.54, 1.807) is 14.0 Å². The zero-order valence-corrected chi connectivity index (χ0v) is 9.82. The highest BCUT2D eigenvalue weighted by atomic mass is 16.5. The van der Waals surface area contributed by atoms with Crippen LogP contribution in [0.1, 0.15) is 18.9 Å². The van der Waals surface area contributed by atoms with Crippen molar-refractivity contribution < 1.29 is 14.3 Å². The fourth-order valence-electron chi connectivity index (χ4n) is 1.58. The molecule has 0 aliphatic heterocycles. The number of esters is 1. The van der Waals surface area contributed by atoms with Crippen molar-refractivity contribution >= 4 is 5.97 Å². The van der Waals surface area contributed by atoms with E-state index in [1.807, 2.05) is 24.3 Å². The van der Waals surface area contributed by atoms with Crippen molar-refractivity contribution in [2.24, 2.45) is 5.73 Å². The first kappa shape index (κ1) is 12.5. The van der Waals surface area contributed by atoms with E-state index in [2.05, 4.69) is 4.74 Å². The molecule has 0 fully saturated rings. The molecule has 0 heterocycles. The van der Waals surface area contributed by atoms with Gasteiger partial charge in [0, 0.05) is 5.56 Å². The Bertz CT molecular complexity index is 374. The maximum Gasteiger partial charge on any atom is 0.307 e. The maximum absolute atomic E-state index is 11.3. The maximum atomic E-state index is 11.3. The van der Waals surface area contributed by atoms with Gasteiger partial charge in [0.1, 0.15) is 5.75 Å². The van der Waals surface area contributed by atoms with Gasteiger partial charge >= 0.3 is 5.97 Å². The minimum atomic E-state index is -0.792. The van der Waals surface area contributed by atoms with Crippen LogP contribution in [0.5, 0.6) is 5.75 Å². The van der Waals surface area contributed by atoms with Crippen LogP contribution < -0.4 is 10.5 Å². The summed E-state index contributed by atoms with van der Waals surface area (Å²) in [7, 11) is 2.92. The first-order chi connectivity index (χ1) is 7.51. The van der Waals surface area contributed by atoms with Gasteiger partial charge in [0.25, 0.3) is 0 Å². The lowest BCUT2D eigenvalue weighted by atomic mass is 9.89. The number of rotatable bonds is 4. The Balaban J connectivity index is 3.01. The fourth-order valence-corrected chi connectivity index (χ4v) is 1.58. The summed E-state index contributed by atoms with van der Waals surface area (Å²) >= 11 is 0. The van der Waals surface area contributed by atoms with Crippen LogP contribution in [0.25, 0.3) is 0 Å². The van der Waals surface area contributed by atoms with E-state index in [4.69, 9.17) is 10.5 Å². The monoisotopic (exact) mass is 223 g/mol. The molecule has 0 saturated heterocycles. The van der Waals surface area contributed by atoms with Crippen LogP contribution >= 0.6 is 0 Å². The number of carbonyl (C=O) groups excluding carboxylic acids is 1. The van der Waals surface area contributed by atoms with E-state index in [1.165, 1.54) is 7.11 Å². The molecule has 1 unspecified atom stereocenters. The predicted octanol–water partition coefficient (Wildman–Crippen LogP) is 1.43. The smallest absolute Gasteiger partial charge is 0.307 e. The summed E-state index contributed by atoms with van der Waals surface area (Å²) in [6.45, 7) is 1.78. The lowest BCUT2D eigenvalue weighted by Gasteiger charge is -2.25. The third-order valence-electron chi connectivity index (χ3n) is 2.46. The molecule has 0 spiro atoms. The second-order valence-electron chi connectivity index (χ2n) is 3.87. The molecule has 1 rings (SSSR count). The second kappa shape index (κ2) is 4.99. The van der Waals surface area contributed by atoms with Crippen molar-refractivity contribution in [2.75, 3.05) is 14.2 Å². The Morgan fingerprint density at radius 1 is 1.38 bits per heavy atom. The summed E-state index contributed by atoms with van der Waals surface area (Å²) in [6, 6.07) is 7.39. The standard InChI is InChI=1S/C12H17NO3/c1-12(13,8-11(14)16-3)9-6-4-5-7-10(9)15-2/h4-7H,8,13H2,1-3H3. The molecule has 0 saturated carbocycles. The van der Waals surface area contributed by atoms with E-state index >= 15 is 0 Å². The van der Waals surface area contributed by atoms with Crippen molar-refractivity contribution in [3.8, 4) is 5.75 Å². The van der Waals surface area contributed by atoms with Crippen LogP contribution in [-0.2, 0) is 15.1 Å². The Morgan fingerprint density at radius 2 is 2.00 bits per heavy atom. The number of para-hydroxylation sites is 1. The van der Waals surface area contributed by atoms with Crippen molar-refractivity contribution in [1.82, 2.24) is 0 Å². The van der Waals surface area contributed by atoms with E-state index in [-0.39, 0.29) is 12.4 Å². The quantitative estimate of drug-likeness (QED) is 0.784. The first-order valence-corrected chi connectivity index (χ1v) is 5.00. The van der Waals surface area contributed by atoms with E-state index in [0.717, 1.165) is 5.56 Å². The van der Waals surface area contributed by atoms with E-state index < -0.39 is 5.54 Å². The van der Waals surface area contributed by atoms with Gasteiger partial charge in [0.15, 0.2) is 0 Å². The van der Waals surface area contributed by atoms with Gasteiger partial charge < -0.3 is 15.2 Å². The first-order valence-electron chi connectivity index (χ1n) is 5.00. The largest absolute Gasteiger partial charge is 0.496 e. The van der Waals surface area contributed by atoms with Crippen molar-refractivity contribution in [1.29, 1.82) is 0 Å². The summed E-state index contributed by atoms with van der Waals surface area (Å²) < 4.78 is 9.84. The van der Waals surface area contributed by atoms with Crippen LogP contribution in [0.4, 0.5) is 0 Å². The third-order valence-corrected chi connectivity index (χ3v) is 2.46. The van der Waals surface area contributed by atoms with Crippen LogP contribution in [0.3, 0.4) is 0 Å². The molecule has 1 aromatic rings. The molecule has 4 heteroatoms. The number of carbonyl (C=O) groups is 1. The molecule has 2 N–H and O–H groups in total. The van der Waals surface area contributed by atoms with Gasteiger partial charge in [0.2, 0.25) is 0 Å². The predicted molar refractivity (Wildman–Crippen MR) is 61.2 cm³/mol. The molecule has 0 amide bonds. The molecule has 0 aromatic heterocycles. The zero-order chi connectivity index (χ0) is 12.2. The minimum absolute atomic E-state index is 0.115. The molecule has 1 aromatic carbocycles. The van der Waals surface area contributed by atoms with Crippen LogP contribution in [0.2, 0.25) is 0 Å². The number of benzene rings is 1. The average Bonchev–Trinajstić information content (AvgIpc) is 2.28. The molecule has 4 nitrogen and oxygen atoms in total. The van der Waals surface area contributed by atoms with Crippen molar-refractivity contribution in [3.63, 3.8) is 0 Å².